The zero-order valence-electron chi connectivity index (χ0n) is 13.7. The van der Waals surface area contributed by atoms with Crippen LogP contribution in [0.15, 0.2) is 10.3 Å². The van der Waals surface area contributed by atoms with Crippen molar-refractivity contribution < 1.29 is 22.7 Å². The van der Waals surface area contributed by atoms with Gasteiger partial charge in [0.25, 0.3) is 10.0 Å². The molecule has 2 rings (SSSR count). The molecule has 2 N–H and O–H groups in total. The first-order chi connectivity index (χ1) is 11.0. The number of esters is 1. The maximum absolute atomic E-state index is 12.4. The van der Waals surface area contributed by atoms with E-state index in [0.717, 1.165) is 43.7 Å². The van der Waals surface area contributed by atoms with Gasteiger partial charge >= 0.3 is 5.97 Å². The second kappa shape index (κ2) is 9.57. The summed E-state index contributed by atoms with van der Waals surface area (Å²) in [6.07, 6.45) is 3.02. The van der Waals surface area contributed by atoms with Crippen LogP contribution in [0.5, 0.6) is 5.75 Å². The van der Waals surface area contributed by atoms with Crippen LogP contribution >= 0.6 is 23.7 Å². The summed E-state index contributed by atoms with van der Waals surface area (Å²) in [6.45, 7) is 2.32. The van der Waals surface area contributed by atoms with Gasteiger partial charge in [0.1, 0.15) is 4.88 Å². The Hall–Kier alpha value is -0.870. The van der Waals surface area contributed by atoms with Gasteiger partial charge in [-0.1, -0.05) is 0 Å². The fourth-order valence-corrected chi connectivity index (χ4v) is 5.11. The highest BCUT2D eigenvalue weighted by molar-refractivity contribution is 7.91. The normalized spacial score (nSPS) is 17.8. The molecule has 7 nitrogen and oxygen atoms in total. The molecule has 1 fully saturated rings. The molecule has 1 aromatic rings. The van der Waals surface area contributed by atoms with Crippen LogP contribution in [0.1, 0.15) is 28.9 Å². The summed E-state index contributed by atoms with van der Waals surface area (Å²) in [5, 5.41) is 3.31. The largest absolute Gasteiger partial charge is 0.494 e. The molecule has 0 spiro atoms. The highest BCUT2D eigenvalue weighted by Crippen LogP contribution is 2.33. The Morgan fingerprint density at radius 1 is 1.46 bits per heavy atom. The number of carbonyl (C=O) groups is 1. The molecule has 0 saturated carbocycles. The zero-order chi connectivity index (χ0) is 16.9. The maximum atomic E-state index is 12.4. The first-order valence-corrected chi connectivity index (χ1v) is 9.74. The molecule has 1 aliphatic heterocycles. The minimum Gasteiger partial charge on any atom is -0.494 e. The Bertz CT molecular complexity index is 642. The van der Waals surface area contributed by atoms with E-state index in [1.165, 1.54) is 20.3 Å². The fraction of sp³-hybridized carbons (Fsp3) is 0.643. The van der Waals surface area contributed by atoms with Crippen molar-refractivity contribution in [1.82, 2.24) is 10.0 Å². The van der Waals surface area contributed by atoms with Crippen LogP contribution in [0.25, 0.3) is 0 Å². The molecule has 0 aromatic carbocycles. The van der Waals surface area contributed by atoms with Crippen LogP contribution < -0.4 is 14.8 Å². The van der Waals surface area contributed by atoms with E-state index in [-0.39, 0.29) is 27.2 Å². The molecule has 1 saturated heterocycles. The summed E-state index contributed by atoms with van der Waals surface area (Å²) in [4.78, 5) is 11.7. The Morgan fingerprint density at radius 2 is 2.21 bits per heavy atom. The van der Waals surface area contributed by atoms with Gasteiger partial charge in [0.05, 0.1) is 14.2 Å². The number of rotatable bonds is 7. The van der Waals surface area contributed by atoms with Gasteiger partial charge in [-0.2, -0.15) is 0 Å². The van der Waals surface area contributed by atoms with Crippen LogP contribution in [-0.4, -0.2) is 48.2 Å². The van der Waals surface area contributed by atoms with Crippen molar-refractivity contribution in [2.45, 2.75) is 23.5 Å². The van der Waals surface area contributed by atoms with Gasteiger partial charge in [0.15, 0.2) is 9.96 Å². The first-order valence-electron chi connectivity index (χ1n) is 7.44. The predicted molar refractivity (Wildman–Crippen MR) is 94.9 cm³/mol. The summed E-state index contributed by atoms with van der Waals surface area (Å²) < 4.78 is 37.1. The van der Waals surface area contributed by atoms with Gasteiger partial charge in [0.2, 0.25) is 0 Å². The fourth-order valence-electron chi connectivity index (χ4n) is 2.52. The Labute approximate surface area is 152 Å². The third-order valence-electron chi connectivity index (χ3n) is 3.76. The zero-order valence-corrected chi connectivity index (χ0v) is 16.1. The van der Waals surface area contributed by atoms with Crippen LogP contribution in [0, 0.1) is 5.92 Å². The minimum atomic E-state index is -3.71. The van der Waals surface area contributed by atoms with Crippen molar-refractivity contribution in [3.05, 3.63) is 10.9 Å². The standard InChI is InChI=1S/C14H22N2O5S2.ClH/c1-20-11-8-12(13(17)21-2)22-14(11)23(18,19)16-7-5-10-4-3-6-15-9-10;/h8,10,15-16H,3-7,9H2,1-2H3;1H. The van der Waals surface area contributed by atoms with Crippen LogP contribution in [0.2, 0.25) is 0 Å². The summed E-state index contributed by atoms with van der Waals surface area (Å²) >= 11 is 0.847. The summed E-state index contributed by atoms with van der Waals surface area (Å²) in [5.74, 6) is 0.0626. The lowest BCUT2D eigenvalue weighted by Gasteiger charge is -2.22. The van der Waals surface area contributed by atoms with Crippen molar-refractivity contribution in [2.24, 2.45) is 5.92 Å². The first kappa shape index (κ1) is 21.2. The highest BCUT2D eigenvalue weighted by atomic mass is 35.5. The van der Waals surface area contributed by atoms with E-state index in [4.69, 9.17) is 4.74 Å². The molecule has 24 heavy (non-hydrogen) atoms. The van der Waals surface area contributed by atoms with Crippen LogP contribution in [0.3, 0.4) is 0 Å². The molecule has 0 bridgehead atoms. The van der Waals surface area contributed by atoms with Crippen LogP contribution in [-0.2, 0) is 14.8 Å². The highest BCUT2D eigenvalue weighted by Gasteiger charge is 2.26. The Morgan fingerprint density at radius 3 is 2.79 bits per heavy atom. The predicted octanol–water partition coefficient (Wildman–Crippen LogP) is 1.63. The van der Waals surface area contributed by atoms with E-state index in [1.807, 2.05) is 0 Å². The number of ether oxygens (including phenoxy) is 2. The molecule has 2 heterocycles. The van der Waals surface area contributed by atoms with Crippen molar-refractivity contribution in [3.63, 3.8) is 0 Å². The second-order valence-electron chi connectivity index (χ2n) is 5.36. The van der Waals surface area contributed by atoms with E-state index < -0.39 is 16.0 Å². The van der Waals surface area contributed by atoms with Gasteiger partial charge in [-0.05, 0) is 38.3 Å². The molecular weight excluding hydrogens is 376 g/mol. The summed E-state index contributed by atoms with van der Waals surface area (Å²) in [7, 11) is -1.09. The molecule has 0 aliphatic carbocycles. The molecule has 10 heteroatoms. The summed E-state index contributed by atoms with van der Waals surface area (Å²) in [6, 6.07) is 1.39. The minimum absolute atomic E-state index is 0. The van der Waals surface area contributed by atoms with E-state index in [2.05, 4.69) is 14.8 Å². The number of carbonyl (C=O) groups excluding carboxylic acids is 1. The smallest absolute Gasteiger partial charge is 0.348 e. The number of methoxy groups -OCH3 is 2. The second-order valence-corrected chi connectivity index (χ2v) is 8.37. The van der Waals surface area contributed by atoms with E-state index in [0.29, 0.717) is 12.5 Å². The number of thiophene rings is 1. The third kappa shape index (κ3) is 5.32. The number of sulfonamides is 1. The lowest BCUT2D eigenvalue weighted by Crippen LogP contribution is -2.33. The topological polar surface area (TPSA) is 93.7 Å². The van der Waals surface area contributed by atoms with Gasteiger partial charge in [-0.3, -0.25) is 0 Å². The number of halogens is 1. The molecule has 1 aromatic heterocycles. The maximum Gasteiger partial charge on any atom is 0.348 e. The number of hydrogen-bond acceptors (Lipinski definition) is 7. The Balaban J connectivity index is 0.00000288. The number of hydrogen-bond donors (Lipinski definition) is 2. The van der Waals surface area contributed by atoms with E-state index in [1.54, 1.807) is 0 Å². The quantitative estimate of drug-likeness (QED) is 0.678. The van der Waals surface area contributed by atoms with Crippen molar-refractivity contribution in [1.29, 1.82) is 0 Å². The summed E-state index contributed by atoms with van der Waals surface area (Å²) in [5.41, 5.74) is 0. The van der Waals surface area contributed by atoms with Gasteiger partial charge in [-0.15, -0.1) is 23.7 Å². The molecular formula is C14H23ClN2O5S2. The molecule has 138 valence electrons. The monoisotopic (exact) mass is 398 g/mol. The van der Waals surface area contributed by atoms with Crippen LogP contribution in [0.4, 0.5) is 0 Å². The Kier molecular flexibility index (Phi) is 8.44. The van der Waals surface area contributed by atoms with E-state index >= 15 is 0 Å². The molecule has 1 aliphatic rings. The SMILES string of the molecule is COC(=O)c1cc(OC)c(S(=O)(=O)NCCC2CCCNC2)s1.Cl. The average molecular weight is 399 g/mol. The lowest BCUT2D eigenvalue weighted by atomic mass is 9.96. The van der Waals surface area contributed by atoms with Gasteiger partial charge < -0.3 is 14.8 Å². The van der Waals surface area contributed by atoms with Crippen molar-refractivity contribution >= 4 is 39.7 Å². The molecule has 0 amide bonds. The third-order valence-corrected chi connectivity index (χ3v) is 6.83. The van der Waals surface area contributed by atoms with Gasteiger partial charge in [0, 0.05) is 12.6 Å². The average Bonchev–Trinajstić information content (AvgIpc) is 3.00. The van der Waals surface area contributed by atoms with Crippen molar-refractivity contribution in [2.75, 3.05) is 33.9 Å². The number of nitrogens with one attached hydrogen (secondary N) is 2. The molecule has 1 atom stereocenters. The lowest BCUT2D eigenvalue weighted by molar-refractivity contribution is 0.0606. The number of piperidine rings is 1. The molecule has 1 unspecified atom stereocenters. The molecule has 0 radical (unpaired) electrons. The van der Waals surface area contributed by atoms with Gasteiger partial charge in [-0.25, -0.2) is 17.9 Å². The van der Waals surface area contributed by atoms with E-state index in [9.17, 15) is 13.2 Å². The van der Waals surface area contributed by atoms with Crippen molar-refractivity contribution in [3.8, 4) is 5.75 Å².